The lowest BCUT2D eigenvalue weighted by Gasteiger charge is -2.56. The van der Waals surface area contributed by atoms with Gasteiger partial charge in [-0.1, -0.05) is 53.6 Å². The number of para-hydroxylation sites is 1. The molecule has 0 radical (unpaired) electrons. The van der Waals surface area contributed by atoms with Crippen LogP contribution in [0.1, 0.15) is 61.4 Å². The maximum absolute atomic E-state index is 14.2. The molecule has 1 aromatic heterocycles. The number of carbonyl (C=O) groups excluding carboxylic acids is 2. The van der Waals surface area contributed by atoms with Crippen molar-refractivity contribution in [2.24, 2.45) is 23.2 Å². The lowest BCUT2D eigenvalue weighted by molar-refractivity contribution is -0.169. The summed E-state index contributed by atoms with van der Waals surface area (Å²) >= 11 is 0. The summed E-state index contributed by atoms with van der Waals surface area (Å²) in [5.41, 5.74) is 6.16. The molecule has 1 saturated carbocycles. The second-order valence-electron chi connectivity index (χ2n) is 16.5. The zero-order chi connectivity index (χ0) is 37.2. The van der Waals surface area contributed by atoms with E-state index in [2.05, 4.69) is 75.3 Å². The van der Waals surface area contributed by atoms with Gasteiger partial charge in [0, 0.05) is 66.8 Å². The first-order chi connectivity index (χ1) is 25.6. The van der Waals surface area contributed by atoms with Gasteiger partial charge in [-0.3, -0.25) is 19.4 Å². The summed E-state index contributed by atoms with van der Waals surface area (Å²) in [4.78, 5) is 39.2. The van der Waals surface area contributed by atoms with Gasteiger partial charge in [0.25, 0.3) is 0 Å². The molecule has 5 aliphatic heterocycles. The van der Waals surface area contributed by atoms with E-state index < -0.39 is 28.5 Å². The Morgan fingerprint density at radius 1 is 1.02 bits per heavy atom. The number of aromatic nitrogens is 1. The molecule has 0 amide bonds. The number of carbonyl (C=O) groups is 2. The number of rotatable bonds is 4. The fourth-order valence-corrected chi connectivity index (χ4v) is 13.1. The van der Waals surface area contributed by atoms with Crippen LogP contribution in [0.5, 0.6) is 0 Å². The number of piperidine rings is 1. The number of hydrogen-bond donors (Lipinski definition) is 3. The van der Waals surface area contributed by atoms with Crippen molar-refractivity contribution in [2.75, 3.05) is 59.5 Å². The Bertz CT molecular complexity index is 2090. The third kappa shape index (κ3) is 4.08. The average molecular weight is 721 g/mol. The number of aromatic amines is 1. The van der Waals surface area contributed by atoms with Crippen molar-refractivity contribution < 1.29 is 29.3 Å². The Morgan fingerprint density at radius 2 is 1.79 bits per heavy atom. The van der Waals surface area contributed by atoms with Crippen molar-refractivity contribution in [1.82, 2.24) is 14.8 Å². The van der Waals surface area contributed by atoms with Crippen LogP contribution in [-0.4, -0.2) is 109 Å². The van der Waals surface area contributed by atoms with Crippen LogP contribution in [0, 0.1) is 23.2 Å². The molecule has 5 fully saturated rings. The molecule has 2 aliphatic carbocycles. The van der Waals surface area contributed by atoms with E-state index in [1.54, 1.807) is 0 Å². The van der Waals surface area contributed by atoms with E-state index in [9.17, 15) is 19.8 Å². The van der Waals surface area contributed by atoms with Crippen LogP contribution in [0.15, 0.2) is 65.8 Å². The van der Waals surface area contributed by atoms with Crippen LogP contribution in [0.25, 0.3) is 10.9 Å². The van der Waals surface area contributed by atoms with Gasteiger partial charge in [-0.15, -0.1) is 0 Å². The molecule has 10 heteroatoms. The fourth-order valence-electron chi connectivity index (χ4n) is 13.1. The number of hydrogen-bond acceptors (Lipinski definition) is 9. The highest BCUT2D eigenvalue weighted by molar-refractivity contribution is 5.87. The maximum Gasteiger partial charge on any atom is 0.316 e. The monoisotopic (exact) mass is 720 g/mol. The molecule has 53 heavy (non-hydrogen) atoms. The zero-order valence-electron chi connectivity index (χ0n) is 31.7. The normalized spacial score (nSPS) is 38.6. The third-order valence-electron chi connectivity index (χ3n) is 15.1. The summed E-state index contributed by atoms with van der Waals surface area (Å²) in [6.07, 6.45) is 5.97. The number of fused-ring (bicyclic) bond motifs is 8. The quantitative estimate of drug-likeness (QED) is 0.265. The molecule has 4 saturated heterocycles. The summed E-state index contributed by atoms with van der Waals surface area (Å²) in [5.74, 6) is -1.65. The second kappa shape index (κ2) is 12.0. The number of ether oxygens (including phenoxy) is 2. The van der Waals surface area contributed by atoms with Crippen molar-refractivity contribution in [3.05, 3.63) is 88.1 Å². The van der Waals surface area contributed by atoms with E-state index in [0.717, 1.165) is 57.5 Å². The molecule has 280 valence electrons. The number of allylic oxidation sites excluding steroid dienone is 2. The molecule has 1 spiro atoms. The predicted molar refractivity (Wildman–Crippen MR) is 202 cm³/mol. The summed E-state index contributed by atoms with van der Waals surface area (Å²) in [6.45, 7) is 5.91. The number of likely N-dealkylation sites (tertiary alicyclic amines) is 1. The van der Waals surface area contributed by atoms with E-state index in [1.165, 1.54) is 19.8 Å². The number of benzene rings is 2. The summed E-state index contributed by atoms with van der Waals surface area (Å²) < 4.78 is 11.3. The van der Waals surface area contributed by atoms with E-state index in [4.69, 9.17) is 9.47 Å². The number of anilines is 1. The molecule has 10 nitrogen and oxygen atoms in total. The van der Waals surface area contributed by atoms with Crippen LogP contribution in [0.3, 0.4) is 0 Å². The summed E-state index contributed by atoms with van der Waals surface area (Å²) in [6, 6.07) is 14.8. The highest BCUT2D eigenvalue weighted by atomic mass is 16.5. The molecule has 2 aromatic carbocycles. The molecule has 6 bridgehead atoms. The van der Waals surface area contributed by atoms with Crippen LogP contribution in [0.4, 0.5) is 5.69 Å². The lowest BCUT2D eigenvalue weighted by Crippen LogP contribution is -2.73. The van der Waals surface area contributed by atoms with Gasteiger partial charge in [-0.2, -0.15) is 0 Å². The van der Waals surface area contributed by atoms with Gasteiger partial charge in [0.2, 0.25) is 0 Å². The Kier molecular flexibility index (Phi) is 7.89. The van der Waals surface area contributed by atoms with E-state index in [-0.39, 0.29) is 42.3 Å². The number of nitrogens with one attached hydrogen (secondary N) is 1. The van der Waals surface area contributed by atoms with Crippen molar-refractivity contribution >= 4 is 28.5 Å². The molecule has 7 aliphatic rings. The van der Waals surface area contributed by atoms with Crippen molar-refractivity contribution in [2.45, 2.75) is 68.7 Å². The summed E-state index contributed by atoms with van der Waals surface area (Å²) in [5, 5.41) is 24.9. The van der Waals surface area contributed by atoms with Crippen molar-refractivity contribution in [3.8, 4) is 0 Å². The molecule has 3 N–H and O–H groups in total. The summed E-state index contributed by atoms with van der Waals surface area (Å²) in [7, 11) is 7.06. The number of nitrogens with zero attached hydrogens (tertiary/aromatic N) is 3. The first-order valence-corrected chi connectivity index (χ1v) is 19.3. The number of aliphatic hydroxyl groups is 2. The molecular formula is C43H52N4O6. The fraction of sp³-hybridized carbons (Fsp3) is 0.535. The molecule has 1 unspecified atom stereocenters. The van der Waals surface area contributed by atoms with Crippen LogP contribution in [-0.2, 0) is 30.9 Å². The maximum atomic E-state index is 14.2. The first kappa shape index (κ1) is 34.8. The molecule has 3 aromatic rings. The second-order valence-corrected chi connectivity index (χ2v) is 16.5. The van der Waals surface area contributed by atoms with Crippen LogP contribution < -0.4 is 4.90 Å². The topological polar surface area (TPSA) is 119 Å². The lowest BCUT2D eigenvalue weighted by atomic mass is 9.53. The highest BCUT2D eigenvalue weighted by Gasteiger charge is 2.78. The Morgan fingerprint density at radius 3 is 2.51 bits per heavy atom. The molecular weight excluding hydrogens is 668 g/mol. The zero-order valence-corrected chi connectivity index (χ0v) is 31.7. The number of aliphatic hydroxyl groups excluding tert-OH is 2. The van der Waals surface area contributed by atoms with Crippen LogP contribution >= 0.6 is 0 Å². The van der Waals surface area contributed by atoms with Gasteiger partial charge < -0.3 is 29.6 Å². The smallest absolute Gasteiger partial charge is 0.316 e. The van der Waals surface area contributed by atoms with E-state index >= 15 is 0 Å². The SMILES string of the molecule is C/C=C1/CN2CC[C@@]34c5cc([C@H]6C[C@H]7/C(=C\C)CN(C)[C@@H](Cc8c6[nH]c6ccccc86)[C@@]7(CO)C(=O)OC)ccc5N(C)[C@@]23[C@@H](O)C[C@@H]1[C@H]4C(=O)OC. The van der Waals surface area contributed by atoms with Crippen molar-refractivity contribution in [1.29, 1.82) is 0 Å². The Labute approximate surface area is 311 Å². The van der Waals surface area contributed by atoms with Gasteiger partial charge in [0.1, 0.15) is 11.1 Å². The van der Waals surface area contributed by atoms with Gasteiger partial charge in [-0.05, 0) is 81.3 Å². The van der Waals surface area contributed by atoms with Gasteiger partial charge in [-0.25, -0.2) is 0 Å². The number of esters is 2. The van der Waals surface area contributed by atoms with E-state index in [0.29, 0.717) is 32.4 Å². The molecule has 6 heterocycles. The van der Waals surface area contributed by atoms with Crippen LogP contribution in [0.2, 0.25) is 0 Å². The third-order valence-corrected chi connectivity index (χ3v) is 15.1. The highest BCUT2D eigenvalue weighted by Crippen LogP contribution is 2.70. The first-order valence-electron chi connectivity index (χ1n) is 19.3. The number of likely N-dealkylation sites (N-methyl/N-ethyl adjacent to an activating group) is 2. The molecule has 10 rings (SSSR count). The van der Waals surface area contributed by atoms with E-state index in [1.807, 2.05) is 27.0 Å². The predicted octanol–water partition coefficient (Wildman–Crippen LogP) is 4.49. The van der Waals surface area contributed by atoms with Gasteiger partial charge in [0.15, 0.2) is 0 Å². The Hall–Kier alpha value is -3.96. The number of methoxy groups -OCH3 is 2. The molecule has 10 atom stereocenters. The standard InChI is InChI=1S/C43H52N4O6/c1-7-24-22-47-16-15-42-32-17-26(13-14-34(32)46(4)43(42,47)36(49)20-28(24)37(42)39(50)52-5)29-18-31-25(8-2)21-45(3)35(41(31,23-48)40(51)53-6)19-30-27-11-9-10-12-33(27)44-38(29)30/h7-14,17,28-29,31,35-37,44,48-49H,15-16,18-23H2,1-6H3/b24-7-,25-8-/t28-,29+,31-,35-,36-,37-,41-,42-,43-/m0/s1. The number of H-pyrrole nitrogens is 1. The minimum absolute atomic E-state index is 0.135. The Balaban J connectivity index is 1.30. The van der Waals surface area contributed by atoms with Gasteiger partial charge >= 0.3 is 11.9 Å². The minimum atomic E-state index is -1.17. The largest absolute Gasteiger partial charge is 0.469 e. The minimum Gasteiger partial charge on any atom is -0.469 e. The average Bonchev–Trinajstić information content (AvgIpc) is 3.72. The van der Waals surface area contributed by atoms with Gasteiger partial charge in [0.05, 0.1) is 38.3 Å². The van der Waals surface area contributed by atoms with Crippen molar-refractivity contribution in [3.63, 3.8) is 0 Å².